The molecule has 0 atom stereocenters. The van der Waals surface area contributed by atoms with Gasteiger partial charge in [-0.25, -0.2) is 4.52 Å². The average molecular weight is 356 g/mol. The number of fused-ring (bicyclic) bond motifs is 3. The standard InChI is InChI=1S/C20H16N6O/c1-24-12-15(11-22-24)13-5-6-16-18(8-13)26-19(25(2)20(16)27)9-17(23-26)14-4-3-7-21-10-14/h3-12H,1-2H3. The predicted octanol–water partition coefficient (Wildman–Crippen LogP) is 2.65. The van der Waals surface area contributed by atoms with E-state index < -0.39 is 0 Å². The van der Waals surface area contributed by atoms with Gasteiger partial charge in [-0.3, -0.25) is 19.0 Å². The van der Waals surface area contributed by atoms with Gasteiger partial charge in [-0.05, 0) is 29.8 Å². The van der Waals surface area contributed by atoms with Crippen molar-refractivity contribution in [3.05, 3.63) is 71.5 Å². The van der Waals surface area contributed by atoms with E-state index in [9.17, 15) is 4.79 Å². The maximum Gasteiger partial charge on any atom is 0.261 e. The van der Waals surface area contributed by atoms with Gasteiger partial charge in [-0.2, -0.15) is 10.2 Å². The van der Waals surface area contributed by atoms with E-state index in [4.69, 9.17) is 5.10 Å². The summed E-state index contributed by atoms with van der Waals surface area (Å²) in [5.74, 6) is 0. The van der Waals surface area contributed by atoms with Crippen LogP contribution in [-0.4, -0.2) is 28.9 Å². The number of benzene rings is 1. The SMILES string of the molecule is Cn1cc(-c2ccc3c(=O)n(C)c4cc(-c5cccnc5)nn4c3c2)cn1. The van der Waals surface area contributed by atoms with E-state index in [2.05, 4.69) is 10.1 Å². The van der Waals surface area contributed by atoms with Crippen molar-refractivity contribution < 1.29 is 0 Å². The first kappa shape index (κ1) is 15.5. The molecule has 0 unspecified atom stereocenters. The van der Waals surface area contributed by atoms with Crippen molar-refractivity contribution in [1.82, 2.24) is 28.9 Å². The molecule has 27 heavy (non-hydrogen) atoms. The van der Waals surface area contributed by atoms with Crippen LogP contribution in [0.4, 0.5) is 0 Å². The van der Waals surface area contributed by atoms with Crippen LogP contribution in [0.2, 0.25) is 0 Å². The van der Waals surface area contributed by atoms with Crippen molar-refractivity contribution in [2.45, 2.75) is 0 Å². The third kappa shape index (κ3) is 2.36. The molecule has 4 heterocycles. The van der Waals surface area contributed by atoms with Gasteiger partial charge in [0.25, 0.3) is 5.56 Å². The van der Waals surface area contributed by atoms with Crippen molar-refractivity contribution in [1.29, 1.82) is 0 Å². The molecule has 0 spiro atoms. The van der Waals surface area contributed by atoms with E-state index in [1.807, 2.05) is 60.4 Å². The Labute approximate surface area is 154 Å². The minimum Gasteiger partial charge on any atom is -0.296 e. The van der Waals surface area contributed by atoms with Gasteiger partial charge in [0.15, 0.2) is 0 Å². The van der Waals surface area contributed by atoms with Crippen LogP contribution in [0, 0.1) is 0 Å². The summed E-state index contributed by atoms with van der Waals surface area (Å²) < 4.78 is 5.20. The third-order valence-corrected chi connectivity index (χ3v) is 4.79. The van der Waals surface area contributed by atoms with Gasteiger partial charge < -0.3 is 0 Å². The van der Waals surface area contributed by atoms with E-state index in [0.29, 0.717) is 5.39 Å². The minimum atomic E-state index is -0.0483. The quantitative estimate of drug-likeness (QED) is 0.488. The van der Waals surface area contributed by atoms with Crippen molar-refractivity contribution in [2.24, 2.45) is 14.1 Å². The molecule has 0 N–H and O–H groups in total. The Hall–Kier alpha value is -3.74. The topological polar surface area (TPSA) is 70.0 Å². The molecular weight excluding hydrogens is 340 g/mol. The zero-order chi connectivity index (χ0) is 18.5. The fraction of sp³-hybridized carbons (Fsp3) is 0.100. The van der Waals surface area contributed by atoms with Gasteiger partial charge >= 0.3 is 0 Å². The Bertz CT molecular complexity index is 1360. The summed E-state index contributed by atoms with van der Waals surface area (Å²) in [4.78, 5) is 17.0. The summed E-state index contributed by atoms with van der Waals surface area (Å²) in [5.41, 5.74) is 5.12. The molecule has 0 saturated heterocycles. The Balaban J connectivity index is 1.83. The summed E-state index contributed by atoms with van der Waals surface area (Å²) in [6.45, 7) is 0. The molecule has 132 valence electrons. The molecule has 0 aliphatic heterocycles. The number of aryl methyl sites for hydroxylation is 2. The van der Waals surface area contributed by atoms with Gasteiger partial charge in [0.1, 0.15) is 5.65 Å². The smallest absolute Gasteiger partial charge is 0.261 e. The molecule has 0 radical (unpaired) electrons. The highest BCUT2D eigenvalue weighted by Gasteiger charge is 2.14. The van der Waals surface area contributed by atoms with Crippen molar-refractivity contribution in [2.75, 3.05) is 0 Å². The maximum absolute atomic E-state index is 12.8. The second-order valence-corrected chi connectivity index (χ2v) is 6.54. The van der Waals surface area contributed by atoms with Gasteiger partial charge in [-0.1, -0.05) is 6.07 Å². The molecule has 0 amide bonds. The van der Waals surface area contributed by atoms with Crippen LogP contribution < -0.4 is 5.56 Å². The molecule has 0 saturated carbocycles. The average Bonchev–Trinajstić information content (AvgIpc) is 3.33. The van der Waals surface area contributed by atoms with Crippen LogP contribution in [-0.2, 0) is 14.1 Å². The highest BCUT2D eigenvalue weighted by molar-refractivity contribution is 5.86. The van der Waals surface area contributed by atoms with Gasteiger partial charge in [-0.15, -0.1) is 0 Å². The van der Waals surface area contributed by atoms with Crippen molar-refractivity contribution >= 4 is 16.6 Å². The largest absolute Gasteiger partial charge is 0.296 e. The number of hydrogen-bond acceptors (Lipinski definition) is 4. The summed E-state index contributed by atoms with van der Waals surface area (Å²) in [5, 5.41) is 9.61. The van der Waals surface area contributed by atoms with Crippen LogP contribution in [0.1, 0.15) is 0 Å². The molecule has 7 heteroatoms. The summed E-state index contributed by atoms with van der Waals surface area (Å²) in [7, 11) is 3.65. The molecule has 5 rings (SSSR count). The summed E-state index contributed by atoms with van der Waals surface area (Å²) >= 11 is 0. The molecule has 0 fully saturated rings. The Morgan fingerprint density at radius 3 is 2.59 bits per heavy atom. The lowest BCUT2D eigenvalue weighted by molar-refractivity contribution is 0.768. The molecule has 7 nitrogen and oxygen atoms in total. The van der Waals surface area contributed by atoms with Crippen LogP contribution in [0.5, 0.6) is 0 Å². The van der Waals surface area contributed by atoms with Crippen molar-refractivity contribution in [3.8, 4) is 22.4 Å². The molecule has 1 aromatic carbocycles. The predicted molar refractivity (Wildman–Crippen MR) is 103 cm³/mol. The molecular formula is C20H16N6O. The van der Waals surface area contributed by atoms with Gasteiger partial charge in [0.2, 0.25) is 0 Å². The molecule has 0 bridgehead atoms. The number of pyridine rings is 1. The van der Waals surface area contributed by atoms with Gasteiger partial charge in [0.05, 0.1) is 22.8 Å². The normalized spacial score (nSPS) is 11.5. The zero-order valence-corrected chi connectivity index (χ0v) is 14.9. The molecule has 0 aliphatic rings. The Morgan fingerprint density at radius 2 is 1.85 bits per heavy atom. The highest BCUT2D eigenvalue weighted by atomic mass is 16.1. The summed E-state index contributed by atoms with van der Waals surface area (Å²) in [6.07, 6.45) is 7.25. The molecule has 5 aromatic rings. The molecule has 0 aliphatic carbocycles. The van der Waals surface area contributed by atoms with Crippen LogP contribution in [0.3, 0.4) is 0 Å². The first-order valence-corrected chi connectivity index (χ1v) is 8.54. The lowest BCUT2D eigenvalue weighted by Gasteiger charge is -2.07. The number of aromatic nitrogens is 6. The van der Waals surface area contributed by atoms with E-state index >= 15 is 0 Å². The van der Waals surface area contributed by atoms with Crippen LogP contribution in [0.25, 0.3) is 38.9 Å². The minimum absolute atomic E-state index is 0.0483. The van der Waals surface area contributed by atoms with E-state index in [1.54, 1.807) is 28.7 Å². The first-order valence-electron chi connectivity index (χ1n) is 8.54. The van der Waals surface area contributed by atoms with Crippen LogP contribution >= 0.6 is 0 Å². The fourth-order valence-electron chi connectivity index (χ4n) is 3.37. The fourth-order valence-corrected chi connectivity index (χ4v) is 3.37. The highest BCUT2D eigenvalue weighted by Crippen LogP contribution is 2.25. The summed E-state index contributed by atoms with van der Waals surface area (Å²) in [6, 6.07) is 11.5. The molecule has 4 aromatic heterocycles. The lowest BCUT2D eigenvalue weighted by Crippen LogP contribution is -2.19. The number of hydrogen-bond donors (Lipinski definition) is 0. The second kappa shape index (κ2) is 5.63. The number of nitrogens with zero attached hydrogens (tertiary/aromatic N) is 6. The first-order chi connectivity index (χ1) is 13.1. The van der Waals surface area contributed by atoms with Gasteiger partial charge in [0, 0.05) is 49.9 Å². The van der Waals surface area contributed by atoms with E-state index in [0.717, 1.165) is 33.5 Å². The monoisotopic (exact) mass is 356 g/mol. The Kier molecular flexibility index (Phi) is 3.24. The third-order valence-electron chi connectivity index (χ3n) is 4.79. The van der Waals surface area contributed by atoms with E-state index in [-0.39, 0.29) is 5.56 Å². The lowest BCUT2D eigenvalue weighted by atomic mass is 10.1. The Morgan fingerprint density at radius 1 is 0.963 bits per heavy atom. The maximum atomic E-state index is 12.8. The van der Waals surface area contributed by atoms with Crippen LogP contribution in [0.15, 0.2) is 66.0 Å². The van der Waals surface area contributed by atoms with E-state index in [1.165, 1.54) is 0 Å². The zero-order valence-electron chi connectivity index (χ0n) is 14.9. The number of rotatable bonds is 2. The van der Waals surface area contributed by atoms with Crippen molar-refractivity contribution in [3.63, 3.8) is 0 Å². The second-order valence-electron chi connectivity index (χ2n) is 6.54.